The van der Waals surface area contributed by atoms with Gasteiger partial charge in [-0.2, -0.15) is 0 Å². The third-order valence-corrected chi connectivity index (χ3v) is 4.79. The molecule has 6 heteroatoms. The van der Waals surface area contributed by atoms with E-state index in [1.54, 1.807) is 15.9 Å². The third kappa shape index (κ3) is 4.45. The Labute approximate surface area is 142 Å². The average Bonchev–Trinajstić information content (AvgIpc) is 2.55. The second-order valence-electron chi connectivity index (χ2n) is 6.12. The lowest BCUT2D eigenvalue weighted by Gasteiger charge is -2.36. The van der Waals surface area contributed by atoms with Gasteiger partial charge in [-0.25, -0.2) is 0 Å². The summed E-state index contributed by atoms with van der Waals surface area (Å²) < 4.78 is 0. The van der Waals surface area contributed by atoms with E-state index in [1.165, 1.54) is 0 Å². The number of hydrogen-bond acceptors (Lipinski definition) is 3. The van der Waals surface area contributed by atoms with E-state index in [0.29, 0.717) is 37.6 Å². The highest BCUT2D eigenvalue weighted by molar-refractivity contribution is 6.31. The van der Waals surface area contributed by atoms with Gasteiger partial charge in [0, 0.05) is 37.2 Å². The van der Waals surface area contributed by atoms with Crippen molar-refractivity contribution >= 4 is 23.4 Å². The molecule has 2 atom stereocenters. The van der Waals surface area contributed by atoms with Gasteiger partial charge in [0.25, 0.3) is 0 Å². The second-order valence-corrected chi connectivity index (χ2v) is 6.53. The Kier molecular flexibility index (Phi) is 6.02. The molecule has 126 valence electrons. The number of carbonyl (C=O) groups is 2. The molecule has 1 heterocycles. The summed E-state index contributed by atoms with van der Waals surface area (Å²) >= 11 is 6.10. The van der Waals surface area contributed by atoms with Crippen LogP contribution in [-0.4, -0.2) is 53.8 Å². The maximum Gasteiger partial charge on any atom is 0.227 e. The molecule has 1 saturated heterocycles. The molecule has 23 heavy (non-hydrogen) atoms. The minimum Gasteiger partial charge on any atom is -0.339 e. The summed E-state index contributed by atoms with van der Waals surface area (Å²) in [7, 11) is 0. The van der Waals surface area contributed by atoms with E-state index in [4.69, 9.17) is 17.3 Å². The van der Waals surface area contributed by atoms with Crippen LogP contribution in [0.25, 0.3) is 0 Å². The first-order valence-corrected chi connectivity index (χ1v) is 8.33. The van der Waals surface area contributed by atoms with Crippen LogP contribution in [0.3, 0.4) is 0 Å². The molecule has 0 saturated carbocycles. The van der Waals surface area contributed by atoms with Crippen LogP contribution in [0.2, 0.25) is 5.02 Å². The first-order chi connectivity index (χ1) is 10.9. The fraction of sp³-hybridized carbons (Fsp3) is 0.529. The number of benzene rings is 1. The summed E-state index contributed by atoms with van der Waals surface area (Å²) in [6.45, 7) is 5.92. The summed E-state index contributed by atoms with van der Waals surface area (Å²) in [5.41, 5.74) is 6.63. The molecule has 0 bridgehead atoms. The molecule has 1 fully saturated rings. The molecule has 2 N–H and O–H groups in total. The molecule has 5 nitrogen and oxygen atoms in total. The number of halogens is 1. The topological polar surface area (TPSA) is 66.6 Å². The average molecular weight is 338 g/mol. The largest absolute Gasteiger partial charge is 0.339 e. The molecule has 2 unspecified atom stereocenters. The van der Waals surface area contributed by atoms with Gasteiger partial charge < -0.3 is 15.5 Å². The first kappa shape index (κ1) is 17.8. The van der Waals surface area contributed by atoms with E-state index in [2.05, 4.69) is 0 Å². The van der Waals surface area contributed by atoms with Crippen molar-refractivity contribution < 1.29 is 9.59 Å². The molecule has 1 aliphatic heterocycles. The Bertz CT molecular complexity index is 569. The first-order valence-electron chi connectivity index (χ1n) is 7.95. The van der Waals surface area contributed by atoms with Gasteiger partial charge in [0.1, 0.15) is 0 Å². The van der Waals surface area contributed by atoms with Crippen LogP contribution >= 0.6 is 11.6 Å². The summed E-state index contributed by atoms with van der Waals surface area (Å²) in [5, 5.41) is 0.612. The fourth-order valence-corrected chi connectivity index (χ4v) is 2.81. The van der Waals surface area contributed by atoms with E-state index < -0.39 is 0 Å². The van der Waals surface area contributed by atoms with Crippen LogP contribution in [-0.2, 0) is 16.0 Å². The Morgan fingerprint density at radius 2 is 1.70 bits per heavy atom. The van der Waals surface area contributed by atoms with E-state index in [9.17, 15) is 9.59 Å². The van der Waals surface area contributed by atoms with Gasteiger partial charge in [-0.05, 0) is 18.6 Å². The number of carbonyl (C=O) groups excluding carboxylic acids is 2. The zero-order valence-electron chi connectivity index (χ0n) is 13.7. The van der Waals surface area contributed by atoms with Crippen LogP contribution in [0.1, 0.15) is 19.4 Å². The number of nitrogens with two attached hydrogens (primary N) is 1. The van der Waals surface area contributed by atoms with Crippen LogP contribution in [0.5, 0.6) is 0 Å². The molecule has 1 aromatic carbocycles. The minimum absolute atomic E-state index is 0.0467. The monoisotopic (exact) mass is 337 g/mol. The van der Waals surface area contributed by atoms with Gasteiger partial charge >= 0.3 is 0 Å². The molecule has 0 radical (unpaired) electrons. The van der Waals surface area contributed by atoms with Crippen molar-refractivity contribution in [1.82, 2.24) is 9.80 Å². The zero-order valence-corrected chi connectivity index (χ0v) is 14.4. The van der Waals surface area contributed by atoms with Crippen molar-refractivity contribution in [3.05, 3.63) is 34.9 Å². The zero-order chi connectivity index (χ0) is 17.0. The van der Waals surface area contributed by atoms with Gasteiger partial charge in [-0.15, -0.1) is 0 Å². The van der Waals surface area contributed by atoms with Gasteiger partial charge in [-0.3, -0.25) is 9.59 Å². The van der Waals surface area contributed by atoms with Crippen molar-refractivity contribution in [2.45, 2.75) is 26.3 Å². The predicted molar refractivity (Wildman–Crippen MR) is 91.1 cm³/mol. The van der Waals surface area contributed by atoms with Crippen LogP contribution < -0.4 is 5.73 Å². The molecule has 0 spiro atoms. The van der Waals surface area contributed by atoms with Crippen LogP contribution in [0.4, 0.5) is 0 Å². The number of nitrogens with zero attached hydrogens (tertiary/aromatic N) is 2. The summed E-state index contributed by atoms with van der Waals surface area (Å²) in [4.78, 5) is 28.3. The van der Waals surface area contributed by atoms with Crippen molar-refractivity contribution in [1.29, 1.82) is 0 Å². The summed E-state index contributed by atoms with van der Waals surface area (Å²) in [6.07, 6.45) is 0.295. The maximum absolute atomic E-state index is 12.4. The van der Waals surface area contributed by atoms with Gasteiger partial charge in [0.05, 0.1) is 12.3 Å². The Morgan fingerprint density at radius 3 is 2.26 bits per heavy atom. The molecule has 2 amide bonds. The van der Waals surface area contributed by atoms with E-state index in [-0.39, 0.29) is 23.8 Å². The van der Waals surface area contributed by atoms with Gasteiger partial charge in [0.2, 0.25) is 11.8 Å². The lowest BCUT2D eigenvalue weighted by molar-refractivity contribution is -0.141. The van der Waals surface area contributed by atoms with Crippen LogP contribution in [0, 0.1) is 5.92 Å². The Hall–Kier alpha value is -1.59. The van der Waals surface area contributed by atoms with Crippen molar-refractivity contribution in [2.24, 2.45) is 11.7 Å². The normalized spacial score (nSPS) is 17.7. The second kappa shape index (κ2) is 7.79. The molecular formula is C17H24ClN3O2. The smallest absolute Gasteiger partial charge is 0.227 e. The number of hydrogen-bond donors (Lipinski definition) is 1. The maximum atomic E-state index is 12.4. The molecule has 0 aliphatic carbocycles. The van der Waals surface area contributed by atoms with Gasteiger partial charge in [-0.1, -0.05) is 36.7 Å². The van der Waals surface area contributed by atoms with Crippen molar-refractivity contribution in [3.63, 3.8) is 0 Å². The summed E-state index contributed by atoms with van der Waals surface area (Å²) in [6, 6.07) is 7.21. The standard InChI is InChI=1S/C17H24ClN3O2/c1-12(13(2)19)17(23)21-9-7-20(8-10-21)16(22)11-14-5-3-4-6-15(14)18/h3-6,12-13H,7-11,19H2,1-2H3. The molecule has 1 aliphatic rings. The Morgan fingerprint density at radius 1 is 1.13 bits per heavy atom. The highest BCUT2D eigenvalue weighted by atomic mass is 35.5. The van der Waals surface area contributed by atoms with Crippen LogP contribution in [0.15, 0.2) is 24.3 Å². The number of piperazine rings is 1. The van der Waals surface area contributed by atoms with Gasteiger partial charge in [0.15, 0.2) is 0 Å². The summed E-state index contributed by atoms with van der Waals surface area (Å²) in [5.74, 6) is -0.0796. The predicted octanol–water partition coefficient (Wildman–Crippen LogP) is 1.54. The van der Waals surface area contributed by atoms with Crippen molar-refractivity contribution in [3.8, 4) is 0 Å². The highest BCUT2D eigenvalue weighted by Gasteiger charge is 2.28. The lowest BCUT2D eigenvalue weighted by atomic mass is 10.0. The van der Waals surface area contributed by atoms with Crippen molar-refractivity contribution in [2.75, 3.05) is 26.2 Å². The molecule has 2 rings (SSSR count). The van der Waals surface area contributed by atoms with E-state index >= 15 is 0 Å². The quantitative estimate of drug-likeness (QED) is 0.906. The molecule has 0 aromatic heterocycles. The number of amides is 2. The number of rotatable bonds is 4. The Balaban J connectivity index is 1.88. The van der Waals surface area contributed by atoms with E-state index in [0.717, 1.165) is 5.56 Å². The molecule has 1 aromatic rings. The third-order valence-electron chi connectivity index (χ3n) is 4.42. The SMILES string of the molecule is CC(N)C(C)C(=O)N1CCN(C(=O)Cc2ccccc2Cl)CC1. The minimum atomic E-state index is -0.194. The lowest BCUT2D eigenvalue weighted by Crippen LogP contribution is -2.53. The fourth-order valence-electron chi connectivity index (χ4n) is 2.61. The van der Waals surface area contributed by atoms with E-state index in [1.807, 2.05) is 32.0 Å². The highest BCUT2D eigenvalue weighted by Crippen LogP contribution is 2.17. The molecular weight excluding hydrogens is 314 g/mol.